The predicted octanol–water partition coefficient (Wildman–Crippen LogP) is 3.82. The van der Waals surface area contributed by atoms with E-state index in [4.69, 9.17) is 4.42 Å². The second-order valence-corrected chi connectivity index (χ2v) is 6.37. The van der Waals surface area contributed by atoms with Crippen molar-refractivity contribution in [2.75, 3.05) is 14.1 Å². The minimum atomic E-state index is 0. The quantitative estimate of drug-likeness (QED) is 0.399. The highest BCUT2D eigenvalue weighted by Gasteiger charge is 2.11. The van der Waals surface area contributed by atoms with Crippen LogP contribution in [-0.2, 0) is 20.1 Å². The Balaban J connectivity index is 0.00000264. The summed E-state index contributed by atoms with van der Waals surface area (Å²) in [4.78, 5) is 6.45. The van der Waals surface area contributed by atoms with Gasteiger partial charge in [0.25, 0.3) is 0 Å². The van der Waals surface area contributed by atoms with Gasteiger partial charge in [0, 0.05) is 49.6 Å². The van der Waals surface area contributed by atoms with Crippen molar-refractivity contribution in [3.8, 4) is 0 Å². The topological polar surface area (TPSA) is 45.7 Å². The van der Waals surface area contributed by atoms with E-state index in [-0.39, 0.29) is 24.0 Å². The molecular formula is C16H24BrIN4O. The monoisotopic (exact) mass is 494 g/mol. The van der Waals surface area contributed by atoms with Gasteiger partial charge in [0.15, 0.2) is 5.96 Å². The zero-order chi connectivity index (χ0) is 16.3. The third-order valence-electron chi connectivity index (χ3n) is 3.63. The first-order valence-corrected chi connectivity index (χ1v) is 7.98. The molecule has 0 fully saturated rings. The molecule has 128 valence electrons. The minimum absolute atomic E-state index is 0. The van der Waals surface area contributed by atoms with Gasteiger partial charge in [0.2, 0.25) is 0 Å². The fraction of sp³-hybridized carbons (Fsp3) is 0.438. The second kappa shape index (κ2) is 8.77. The van der Waals surface area contributed by atoms with Gasteiger partial charge < -0.3 is 19.2 Å². The Labute approximate surface area is 163 Å². The number of aliphatic imine (C=N–C) groups is 1. The molecule has 5 nitrogen and oxygen atoms in total. The summed E-state index contributed by atoms with van der Waals surface area (Å²) in [6.45, 7) is 5.44. The molecule has 0 aliphatic carbocycles. The minimum Gasteiger partial charge on any atom is -0.466 e. The smallest absolute Gasteiger partial charge is 0.194 e. The molecule has 0 atom stereocenters. The van der Waals surface area contributed by atoms with Gasteiger partial charge in [-0.05, 0) is 41.9 Å². The Kier molecular flexibility index (Phi) is 7.66. The highest BCUT2D eigenvalue weighted by atomic mass is 127. The molecule has 0 aliphatic rings. The Hall–Kier alpha value is -0.960. The summed E-state index contributed by atoms with van der Waals surface area (Å²) in [6.07, 6.45) is 2.05. The van der Waals surface area contributed by atoms with Gasteiger partial charge in [0.05, 0.1) is 6.54 Å². The Bertz CT molecular complexity index is 678. The number of guanidine groups is 1. The van der Waals surface area contributed by atoms with Crippen LogP contribution >= 0.6 is 39.9 Å². The fourth-order valence-electron chi connectivity index (χ4n) is 2.46. The van der Waals surface area contributed by atoms with Crippen LogP contribution in [0.2, 0.25) is 0 Å². The van der Waals surface area contributed by atoms with Crippen molar-refractivity contribution in [3.05, 3.63) is 45.6 Å². The van der Waals surface area contributed by atoms with Crippen LogP contribution in [0.1, 0.15) is 22.8 Å². The number of aryl methyl sites for hydroxylation is 3. The molecule has 0 spiro atoms. The molecule has 0 bridgehead atoms. The summed E-state index contributed by atoms with van der Waals surface area (Å²) in [5.41, 5.74) is 2.38. The van der Waals surface area contributed by atoms with Crippen LogP contribution in [0, 0.1) is 13.8 Å². The fourth-order valence-corrected chi connectivity index (χ4v) is 3.03. The molecule has 23 heavy (non-hydrogen) atoms. The van der Waals surface area contributed by atoms with Gasteiger partial charge in [0.1, 0.15) is 11.5 Å². The van der Waals surface area contributed by atoms with E-state index in [1.807, 2.05) is 27.9 Å². The molecule has 0 amide bonds. The molecule has 7 heteroatoms. The van der Waals surface area contributed by atoms with E-state index >= 15 is 0 Å². The first-order chi connectivity index (χ1) is 10.4. The molecule has 2 rings (SSSR count). The van der Waals surface area contributed by atoms with Crippen LogP contribution < -0.4 is 5.32 Å². The number of nitrogens with one attached hydrogen (secondary N) is 1. The number of hydrogen-bond donors (Lipinski definition) is 1. The van der Waals surface area contributed by atoms with Crippen LogP contribution in [0.25, 0.3) is 0 Å². The number of hydrogen-bond acceptors (Lipinski definition) is 2. The average Bonchev–Trinajstić information content (AvgIpc) is 2.92. The Morgan fingerprint density at radius 3 is 2.57 bits per heavy atom. The summed E-state index contributed by atoms with van der Waals surface area (Å²) < 4.78 is 8.75. The number of aromatic nitrogens is 1. The molecule has 0 saturated heterocycles. The maximum Gasteiger partial charge on any atom is 0.194 e. The number of rotatable bonds is 4. The lowest BCUT2D eigenvalue weighted by Gasteiger charge is -2.22. The summed E-state index contributed by atoms with van der Waals surface area (Å²) in [7, 11) is 5.87. The van der Waals surface area contributed by atoms with Crippen molar-refractivity contribution in [2.45, 2.75) is 26.9 Å². The van der Waals surface area contributed by atoms with Gasteiger partial charge in [-0.2, -0.15) is 0 Å². The normalized spacial score (nSPS) is 11.3. The number of nitrogens with zero attached hydrogens (tertiary/aromatic N) is 3. The SMILES string of the molecule is CN=C(NCc1cc(C)oc1C)N(C)Cc1cc(Br)cn1C.I. The maximum atomic E-state index is 5.55. The highest BCUT2D eigenvalue weighted by molar-refractivity contribution is 14.0. The van der Waals surface area contributed by atoms with E-state index in [0.717, 1.165) is 34.1 Å². The molecule has 0 unspecified atom stereocenters. The number of halogens is 2. The van der Waals surface area contributed by atoms with Crippen molar-refractivity contribution in [2.24, 2.45) is 12.0 Å². The molecule has 2 aromatic rings. The van der Waals surface area contributed by atoms with Crippen LogP contribution in [0.4, 0.5) is 0 Å². The average molecular weight is 495 g/mol. The van der Waals surface area contributed by atoms with Crippen LogP contribution in [-0.4, -0.2) is 29.5 Å². The molecule has 0 aromatic carbocycles. The van der Waals surface area contributed by atoms with Gasteiger partial charge >= 0.3 is 0 Å². The molecule has 0 radical (unpaired) electrons. The molecule has 2 heterocycles. The van der Waals surface area contributed by atoms with Crippen molar-refractivity contribution in [1.29, 1.82) is 0 Å². The Morgan fingerprint density at radius 2 is 2.09 bits per heavy atom. The molecular weight excluding hydrogens is 471 g/mol. The molecule has 0 saturated carbocycles. The molecule has 1 N–H and O–H groups in total. The largest absolute Gasteiger partial charge is 0.466 e. The van der Waals surface area contributed by atoms with Gasteiger partial charge in [-0.25, -0.2) is 0 Å². The van der Waals surface area contributed by atoms with E-state index in [1.54, 1.807) is 7.05 Å². The zero-order valence-electron chi connectivity index (χ0n) is 14.2. The van der Waals surface area contributed by atoms with Crippen molar-refractivity contribution < 1.29 is 4.42 Å². The maximum absolute atomic E-state index is 5.55. The highest BCUT2D eigenvalue weighted by Crippen LogP contribution is 2.15. The van der Waals surface area contributed by atoms with Crippen molar-refractivity contribution in [1.82, 2.24) is 14.8 Å². The summed E-state index contributed by atoms with van der Waals surface area (Å²) in [5.74, 6) is 2.75. The van der Waals surface area contributed by atoms with Gasteiger partial charge in [-0.3, -0.25) is 4.99 Å². The van der Waals surface area contributed by atoms with Gasteiger partial charge in [-0.15, -0.1) is 24.0 Å². The van der Waals surface area contributed by atoms with Crippen molar-refractivity contribution >= 4 is 45.9 Å². The second-order valence-electron chi connectivity index (χ2n) is 5.46. The van der Waals surface area contributed by atoms with Crippen molar-refractivity contribution in [3.63, 3.8) is 0 Å². The lowest BCUT2D eigenvalue weighted by atomic mass is 10.2. The first-order valence-electron chi connectivity index (χ1n) is 7.19. The van der Waals surface area contributed by atoms with Crippen LogP contribution in [0.5, 0.6) is 0 Å². The summed E-state index contributed by atoms with van der Waals surface area (Å²) in [5, 5.41) is 3.38. The van der Waals surface area contributed by atoms with Crippen LogP contribution in [0.15, 0.2) is 32.2 Å². The predicted molar refractivity (Wildman–Crippen MR) is 108 cm³/mol. The van der Waals surface area contributed by atoms with E-state index in [0.29, 0.717) is 6.54 Å². The number of furan rings is 1. The van der Waals surface area contributed by atoms with E-state index < -0.39 is 0 Å². The Morgan fingerprint density at radius 1 is 1.39 bits per heavy atom. The molecule has 0 aliphatic heterocycles. The third kappa shape index (κ3) is 5.27. The van der Waals surface area contributed by atoms with Gasteiger partial charge in [-0.1, -0.05) is 0 Å². The van der Waals surface area contributed by atoms with E-state index in [9.17, 15) is 0 Å². The van der Waals surface area contributed by atoms with Crippen LogP contribution in [0.3, 0.4) is 0 Å². The summed E-state index contributed by atoms with van der Waals surface area (Å²) >= 11 is 3.50. The van der Waals surface area contributed by atoms with E-state index in [1.165, 1.54) is 5.69 Å². The lowest BCUT2D eigenvalue weighted by Crippen LogP contribution is -2.38. The summed E-state index contributed by atoms with van der Waals surface area (Å²) in [6, 6.07) is 4.18. The zero-order valence-corrected chi connectivity index (χ0v) is 18.1. The lowest BCUT2D eigenvalue weighted by molar-refractivity contribution is 0.460. The molecule has 2 aromatic heterocycles. The first kappa shape index (κ1) is 20.1. The third-order valence-corrected chi connectivity index (χ3v) is 4.06. The van der Waals surface area contributed by atoms with E-state index in [2.05, 4.69) is 54.0 Å². The standard InChI is InChI=1S/C16H23BrN4O.HI/c1-11-6-13(12(2)22-11)8-19-16(18-3)21(5)10-15-7-14(17)9-20(15)4;/h6-7,9H,8,10H2,1-5H3,(H,18,19);1H.